The van der Waals surface area contributed by atoms with Crippen LogP contribution in [-0.2, 0) is 0 Å². The highest BCUT2D eigenvalue weighted by molar-refractivity contribution is 6.29. The second-order valence-corrected chi connectivity index (χ2v) is 5.86. The van der Waals surface area contributed by atoms with Crippen LogP contribution in [0.2, 0.25) is 0 Å². The summed E-state index contributed by atoms with van der Waals surface area (Å²) in [6, 6.07) is 1.54. The van der Waals surface area contributed by atoms with Gasteiger partial charge in [-0.2, -0.15) is 0 Å². The van der Waals surface area contributed by atoms with Crippen molar-refractivity contribution in [3.05, 3.63) is 0 Å². The summed E-state index contributed by atoms with van der Waals surface area (Å²) < 4.78 is 5.31. The molecular weight excluding hydrogens is 152 g/mol. The van der Waals surface area contributed by atoms with Crippen LogP contribution in [0.15, 0.2) is 0 Å². The van der Waals surface area contributed by atoms with Gasteiger partial charge in [-0.15, -0.1) is 0 Å². The third-order valence-corrected chi connectivity index (χ3v) is 5.32. The van der Waals surface area contributed by atoms with Gasteiger partial charge in [-0.25, -0.2) is 0 Å². The standard InChI is InChI=1S/C8H20N2Si/c1-7(2)9-5-6-10(11-9)8(3)4/h7-8H,5-6,11H2,1-4H3. The lowest BCUT2D eigenvalue weighted by molar-refractivity contribution is 0.390. The number of hydrogen-bond donors (Lipinski definition) is 0. The Balaban J connectivity index is 2.35. The first-order valence-electron chi connectivity index (χ1n) is 4.59. The van der Waals surface area contributed by atoms with Crippen LogP contribution in [0.4, 0.5) is 0 Å². The van der Waals surface area contributed by atoms with Crippen LogP contribution < -0.4 is 0 Å². The maximum absolute atomic E-state index is 2.65. The molecule has 1 rings (SSSR count). The Morgan fingerprint density at radius 2 is 1.27 bits per heavy atom. The van der Waals surface area contributed by atoms with E-state index < -0.39 is 0 Å². The normalized spacial score (nSPS) is 22.4. The van der Waals surface area contributed by atoms with Crippen molar-refractivity contribution < 1.29 is 0 Å². The fourth-order valence-electron chi connectivity index (χ4n) is 1.47. The zero-order valence-electron chi connectivity index (χ0n) is 8.17. The maximum Gasteiger partial charge on any atom is 0.173 e. The second kappa shape index (κ2) is 3.69. The predicted molar refractivity (Wildman–Crippen MR) is 52.2 cm³/mol. The molecule has 0 spiro atoms. The second-order valence-electron chi connectivity index (χ2n) is 3.95. The first-order chi connectivity index (χ1) is 5.11. The van der Waals surface area contributed by atoms with Gasteiger partial charge in [0.15, 0.2) is 9.84 Å². The summed E-state index contributed by atoms with van der Waals surface area (Å²) in [5.41, 5.74) is 0. The summed E-state index contributed by atoms with van der Waals surface area (Å²) in [5, 5.41) is 0. The predicted octanol–water partition coefficient (Wildman–Crippen LogP) is 0.420. The summed E-state index contributed by atoms with van der Waals surface area (Å²) in [7, 11) is -0.0571. The van der Waals surface area contributed by atoms with Crippen LogP contribution >= 0.6 is 0 Å². The van der Waals surface area contributed by atoms with Crippen molar-refractivity contribution in [1.82, 2.24) is 9.13 Å². The molecular formula is C8H20N2Si. The molecule has 1 aliphatic rings. The average molecular weight is 172 g/mol. The molecule has 1 heterocycles. The minimum atomic E-state index is -0.0571. The molecule has 0 aromatic rings. The fourth-order valence-corrected chi connectivity index (χ4v) is 3.16. The molecule has 3 heteroatoms. The molecule has 0 radical (unpaired) electrons. The van der Waals surface area contributed by atoms with E-state index in [1.807, 2.05) is 0 Å². The Labute approximate surface area is 72.5 Å². The van der Waals surface area contributed by atoms with Crippen molar-refractivity contribution in [3.63, 3.8) is 0 Å². The van der Waals surface area contributed by atoms with Gasteiger partial charge in [-0.3, -0.25) is 0 Å². The molecule has 0 atom stereocenters. The summed E-state index contributed by atoms with van der Waals surface area (Å²) in [6.07, 6.45) is 0. The van der Waals surface area contributed by atoms with E-state index >= 15 is 0 Å². The first kappa shape index (κ1) is 9.23. The molecule has 1 saturated heterocycles. The molecule has 2 nitrogen and oxygen atoms in total. The van der Waals surface area contributed by atoms with E-state index in [1.165, 1.54) is 13.1 Å². The van der Waals surface area contributed by atoms with Crippen molar-refractivity contribution in [1.29, 1.82) is 0 Å². The van der Waals surface area contributed by atoms with Gasteiger partial charge in [0.25, 0.3) is 0 Å². The minimum Gasteiger partial charge on any atom is -0.313 e. The van der Waals surface area contributed by atoms with Gasteiger partial charge in [0.2, 0.25) is 0 Å². The zero-order chi connectivity index (χ0) is 8.43. The quantitative estimate of drug-likeness (QED) is 0.557. The number of hydrogen-bond acceptors (Lipinski definition) is 2. The van der Waals surface area contributed by atoms with E-state index in [0.29, 0.717) is 0 Å². The van der Waals surface area contributed by atoms with Crippen molar-refractivity contribution in [2.24, 2.45) is 0 Å². The minimum absolute atomic E-state index is 0.0571. The average Bonchev–Trinajstić information content (AvgIpc) is 2.33. The third kappa shape index (κ3) is 2.29. The summed E-state index contributed by atoms with van der Waals surface area (Å²) in [5.74, 6) is 0. The molecule has 0 bridgehead atoms. The number of nitrogens with zero attached hydrogens (tertiary/aromatic N) is 2. The molecule has 11 heavy (non-hydrogen) atoms. The maximum atomic E-state index is 2.65. The van der Waals surface area contributed by atoms with Crippen LogP contribution in [0.5, 0.6) is 0 Å². The van der Waals surface area contributed by atoms with Gasteiger partial charge in [-0.1, -0.05) is 27.7 Å². The molecule has 0 saturated carbocycles. The van der Waals surface area contributed by atoms with Gasteiger partial charge in [0.1, 0.15) is 0 Å². The lowest BCUT2D eigenvalue weighted by Crippen LogP contribution is -2.37. The van der Waals surface area contributed by atoms with Gasteiger partial charge >= 0.3 is 0 Å². The molecule has 0 aromatic heterocycles. The largest absolute Gasteiger partial charge is 0.313 e. The van der Waals surface area contributed by atoms with E-state index in [0.717, 1.165) is 12.1 Å². The molecule has 0 aliphatic carbocycles. The molecule has 0 aromatic carbocycles. The smallest absolute Gasteiger partial charge is 0.173 e. The van der Waals surface area contributed by atoms with Crippen molar-refractivity contribution in [3.8, 4) is 0 Å². The summed E-state index contributed by atoms with van der Waals surface area (Å²) in [6.45, 7) is 11.8. The molecule has 1 aliphatic heterocycles. The van der Waals surface area contributed by atoms with Gasteiger partial charge in [0, 0.05) is 13.1 Å². The fraction of sp³-hybridized carbons (Fsp3) is 1.00. The van der Waals surface area contributed by atoms with Crippen molar-refractivity contribution in [2.75, 3.05) is 13.1 Å². The zero-order valence-corrected chi connectivity index (χ0v) is 9.58. The van der Waals surface area contributed by atoms with E-state index in [1.54, 1.807) is 0 Å². The van der Waals surface area contributed by atoms with Crippen LogP contribution in [0.1, 0.15) is 27.7 Å². The summed E-state index contributed by atoms with van der Waals surface area (Å²) in [4.78, 5) is 0. The molecule has 0 unspecified atom stereocenters. The monoisotopic (exact) mass is 172 g/mol. The molecule has 0 amide bonds. The van der Waals surface area contributed by atoms with Gasteiger partial charge < -0.3 is 9.13 Å². The van der Waals surface area contributed by atoms with E-state index in [9.17, 15) is 0 Å². The van der Waals surface area contributed by atoms with Crippen molar-refractivity contribution >= 4 is 9.84 Å². The lowest BCUT2D eigenvalue weighted by Gasteiger charge is -2.22. The Kier molecular flexibility index (Phi) is 3.10. The Hall–Kier alpha value is 0.137. The van der Waals surface area contributed by atoms with Gasteiger partial charge in [-0.05, 0) is 12.1 Å². The van der Waals surface area contributed by atoms with E-state index in [2.05, 4.69) is 36.8 Å². The van der Waals surface area contributed by atoms with Crippen LogP contribution in [0, 0.1) is 0 Å². The van der Waals surface area contributed by atoms with Crippen LogP contribution in [0.25, 0.3) is 0 Å². The topological polar surface area (TPSA) is 6.48 Å². The van der Waals surface area contributed by atoms with Gasteiger partial charge in [0.05, 0.1) is 0 Å². The Morgan fingerprint density at radius 3 is 1.45 bits per heavy atom. The van der Waals surface area contributed by atoms with E-state index in [-0.39, 0.29) is 9.84 Å². The highest BCUT2D eigenvalue weighted by Crippen LogP contribution is 2.08. The summed E-state index contributed by atoms with van der Waals surface area (Å²) >= 11 is 0. The molecule has 1 fully saturated rings. The molecule has 0 N–H and O–H groups in total. The highest BCUT2D eigenvalue weighted by Gasteiger charge is 2.23. The van der Waals surface area contributed by atoms with Crippen molar-refractivity contribution in [2.45, 2.75) is 39.8 Å². The Bertz CT molecular complexity index is 111. The highest BCUT2D eigenvalue weighted by atomic mass is 28.2. The number of rotatable bonds is 2. The lowest BCUT2D eigenvalue weighted by atomic mass is 10.3. The molecule has 66 valence electrons. The Morgan fingerprint density at radius 1 is 0.909 bits per heavy atom. The third-order valence-electron chi connectivity index (χ3n) is 2.50. The van der Waals surface area contributed by atoms with Crippen LogP contribution in [-0.4, -0.2) is 44.1 Å². The van der Waals surface area contributed by atoms with E-state index in [4.69, 9.17) is 0 Å². The SMILES string of the molecule is CC(C)N1CCN(C(C)C)[SiH2]1. The van der Waals surface area contributed by atoms with Crippen LogP contribution in [0.3, 0.4) is 0 Å². The first-order valence-corrected chi connectivity index (χ1v) is 5.86.